The summed E-state index contributed by atoms with van der Waals surface area (Å²) in [4.78, 5) is 3.42. The Bertz CT molecular complexity index is 773. The van der Waals surface area contributed by atoms with Gasteiger partial charge in [0.1, 0.15) is 12.4 Å². The molecule has 3 aromatic rings. The molecule has 0 aliphatic carbocycles. The average molecular weight is 306 g/mol. The van der Waals surface area contributed by atoms with Crippen LogP contribution in [0.4, 0.5) is 0 Å². The molecule has 0 saturated carbocycles. The molecule has 23 heavy (non-hydrogen) atoms. The van der Waals surface area contributed by atoms with Crippen LogP contribution >= 0.6 is 0 Å². The van der Waals surface area contributed by atoms with E-state index in [1.54, 1.807) is 0 Å². The molecule has 118 valence electrons. The SMILES string of the molecule is c1ccc(COc2cccc3[nH]cc(C4CCNCC4)c23)cc1. The minimum atomic E-state index is 0.608. The van der Waals surface area contributed by atoms with E-state index in [-0.39, 0.29) is 0 Å². The van der Waals surface area contributed by atoms with Crippen LogP contribution in [0.2, 0.25) is 0 Å². The Kier molecular flexibility index (Phi) is 4.03. The fourth-order valence-corrected chi connectivity index (χ4v) is 3.49. The fraction of sp³-hybridized carbons (Fsp3) is 0.300. The second kappa shape index (κ2) is 6.47. The fourth-order valence-electron chi connectivity index (χ4n) is 3.49. The lowest BCUT2D eigenvalue weighted by Crippen LogP contribution is -2.26. The predicted octanol–water partition coefficient (Wildman–Crippen LogP) is 4.21. The first-order valence-electron chi connectivity index (χ1n) is 8.39. The van der Waals surface area contributed by atoms with Crippen LogP contribution in [-0.4, -0.2) is 18.1 Å². The van der Waals surface area contributed by atoms with Crippen molar-refractivity contribution in [3.05, 3.63) is 65.9 Å². The Morgan fingerprint density at radius 1 is 0.957 bits per heavy atom. The molecule has 3 heteroatoms. The van der Waals surface area contributed by atoms with Crippen LogP contribution in [0, 0.1) is 0 Å². The molecular formula is C20H22N2O. The van der Waals surface area contributed by atoms with E-state index in [0.717, 1.165) is 18.8 Å². The Balaban J connectivity index is 1.64. The maximum Gasteiger partial charge on any atom is 0.129 e. The van der Waals surface area contributed by atoms with E-state index in [1.165, 1.54) is 34.9 Å². The van der Waals surface area contributed by atoms with Gasteiger partial charge < -0.3 is 15.0 Å². The molecule has 1 aliphatic heterocycles. The summed E-state index contributed by atoms with van der Waals surface area (Å²) in [5, 5.41) is 4.70. The molecule has 2 heterocycles. The number of rotatable bonds is 4. The quantitative estimate of drug-likeness (QED) is 0.757. The monoisotopic (exact) mass is 306 g/mol. The highest BCUT2D eigenvalue weighted by Gasteiger charge is 2.20. The standard InChI is InChI=1S/C20H22N2O/c1-2-5-15(6-3-1)14-23-19-8-4-7-18-20(19)17(13-22-18)16-9-11-21-12-10-16/h1-8,13,16,21-22H,9-12,14H2. The van der Waals surface area contributed by atoms with E-state index < -0.39 is 0 Å². The first kappa shape index (κ1) is 14.3. The molecule has 2 aromatic carbocycles. The number of fused-ring (bicyclic) bond motifs is 1. The van der Waals surface area contributed by atoms with Crippen molar-refractivity contribution in [3.63, 3.8) is 0 Å². The Labute approximate surface area is 136 Å². The van der Waals surface area contributed by atoms with Crippen LogP contribution in [0.15, 0.2) is 54.7 Å². The van der Waals surface area contributed by atoms with Crippen LogP contribution in [0.3, 0.4) is 0 Å². The van der Waals surface area contributed by atoms with Crippen molar-refractivity contribution in [2.45, 2.75) is 25.4 Å². The summed E-state index contributed by atoms with van der Waals surface area (Å²) in [5.74, 6) is 1.60. The molecule has 1 aromatic heterocycles. The van der Waals surface area contributed by atoms with Gasteiger partial charge in [0, 0.05) is 17.1 Å². The third-order valence-electron chi connectivity index (χ3n) is 4.71. The Morgan fingerprint density at radius 3 is 2.61 bits per heavy atom. The zero-order chi connectivity index (χ0) is 15.5. The molecule has 2 N–H and O–H groups in total. The number of ether oxygens (including phenoxy) is 1. The molecule has 1 fully saturated rings. The number of hydrogen-bond donors (Lipinski definition) is 2. The average Bonchev–Trinajstić information content (AvgIpc) is 3.06. The maximum atomic E-state index is 6.16. The van der Waals surface area contributed by atoms with Gasteiger partial charge in [0.05, 0.1) is 0 Å². The normalized spacial score (nSPS) is 15.8. The molecule has 4 rings (SSSR count). The number of aromatic nitrogens is 1. The molecule has 1 aliphatic rings. The van der Waals surface area contributed by atoms with Crippen molar-refractivity contribution in [1.82, 2.24) is 10.3 Å². The summed E-state index contributed by atoms with van der Waals surface area (Å²) >= 11 is 0. The Hall–Kier alpha value is -2.26. The van der Waals surface area contributed by atoms with Crippen LogP contribution in [-0.2, 0) is 6.61 Å². The van der Waals surface area contributed by atoms with Crippen molar-refractivity contribution in [2.75, 3.05) is 13.1 Å². The van der Waals surface area contributed by atoms with E-state index in [9.17, 15) is 0 Å². The number of hydrogen-bond acceptors (Lipinski definition) is 2. The summed E-state index contributed by atoms with van der Waals surface area (Å²) in [7, 11) is 0. The molecule has 3 nitrogen and oxygen atoms in total. The summed E-state index contributed by atoms with van der Waals surface area (Å²) in [6.45, 7) is 2.81. The van der Waals surface area contributed by atoms with Gasteiger partial charge in [0.25, 0.3) is 0 Å². The maximum absolute atomic E-state index is 6.16. The molecule has 0 radical (unpaired) electrons. The molecule has 1 saturated heterocycles. The van der Waals surface area contributed by atoms with Crippen LogP contribution in [0.25, 0.3) is 10.9 Å². The molecular weight excluding hydrogens is 284 g/mol. The largest absolute Gasteiger partial charge is 0.488 e. The molecule has 0 bridgehead atoms. The first-order chi connectivity index (χ1) is 11.4. The summed E-state index contributed by atoms with van der Waals surface area (Å²) < 4.78 is 6.16. The van der Waals surface area contributed by atoms with E-state index >= 15 is 0 Å². The van der Waals surface area contributed by atoms with Crippen molar-refractivity contribution in [2.24, 2.45) is 0 Å². The first-order valence-corrected chi connectivity index (χ1v) is 8.39. The number of piperidine rings is 1. The highest BCUT2D eigenvalue weighted by molar-refractivity contribution is 5.89. The van der Waals surface area contributed by atoms with Crippen molar-refractivity contribution in [3.8, 4) is 5.75 Å². The minimum absolute atomic E-state index is 0.608. The van der Waals surface area contributed by atoms with Crippen molar-refractivity contribution >= 4 is 10.9 Å². The van der Waals surface area contributed by atoms with Crippen LogP contribution in [0.5, 0.6) is 5.75 Å². The molecule has 0 atom stereocenters. The molecule has 0 amide bonds. The number of nitrogens with one attached hydrogen (secondary N) is 2. The zero-order valence-corrected chi connectivity index (χ0v) is 13.2. The molecule has 0 spiro atoms. The smallest absolute Gasteiger partial charge is 0.129 e. The number of benzene rings is 2. The summed E-state index contributed by atoms with van der Waals surface area (Å²) in [6.07, 6.45) is 4.57. The summed E-state index contributed by atoms with van der Waals surface area (Å²) in [6, 6.07) is 16.6. The van der Waals surface area contributed by atoms with Crippen molar-refractivity contribution < 1.29 is 4.74 Å². The van der Waals surface area contributed by atoms with E-state index in [2.05, 4.69) is 59.0 Å². The third-order valence-corrected chi connectivity index (χ3v) is 4.71. The van der Waals surface area contributed by atoms with Gasteiger partial charge >= 0.3 is 0 Å². The van der Waals surface area contributed by atoms with Crippen molar-refractivity contribution in [1.29, 1.82) is 0 Å². The van der Waals surface area contributed by atoms with Gasteiger partial charge in [-0.05, 0) is 55.1 Å². The second-order valence-electron chi connectivity index (χ2n) is 6.22. The topological polar surface area (TPSA) is 37.0 Å². The molecule has 0 unspecified atom stereocenters. The number of aromatic amines is 1. The second-order valence-corrected chi connectivity index (χ2v) is 6.22. The lowest BCUT2D eigenvalue weighted by Gasteiger charge is -2.22. The predicted molar refractivity (Wildman–Crippen MR) is 93.9 cm³/mol. The Morgan fingerprint density at radius 2 is 1.78 bits per heavy atom. The van der Waals surface area contributed by atoms with Gasteiger partial charge in [-0.1, -0.05) is 36.4 Å². The van der Waals surface area contributed by atoms with Gasteiger partial charge in [0.15, 0.2) is 0 Å². The lowest BCUT2D eigenvalue weighted by molar-refractivity contribution is 0.309. The van der Waals surface area contributed by atoms with Gasteiger partial charge in [0.2, 0.25) is 0 Å². The van der Waals surface area contributed by atoms with Crippen LogP contribution < -0.4 is 10.1 Å². The van der Waals surface area contributed by atoms with Gasteiger partial charge in [-0.25, -0.2) is 0 Å². The van der Waals surface area contributed by atoms with Gasteiger partial charge in [-0.2, -0.15) is 0 Å². The van der Waals surface area contributed by atoms with Gasteiger partial charge in [-0.3, -0.25) is 0 Å². The van der Waals surface area contributed by atoms with E-state index in [1.807, 2.05) is 6.07 Å². The highest BCUT2D eigenvalue weighted by Crippen LogP contribution is 2.36. The minimum Gasteiger partial charge on any atom is -0.488 e. The number of H-pyrrole nitrogens is 1. The highest BCUT2D eigenvalue weighted by atomic mass is 16.5. The van der Waals surface area contributed by atoms with Crippen LogP contribution in [0.1, 0.15) is 29.9 Å². The lowest BCUT2D eigenvalue weighted by atomic mass is 9.90. The third kappa shape index (κ3) is 2.97. The van der Waals surface area contributed by atoms with E-state index in [0.29, 0.717) is 12.5 Å². The summed E-state index contributed by atoms with van der Waals surface area (Å²) in [5.41, 5.74) is 3.78. The van der Waals surface area contributed by atoms with Gasteiger partial charge in [-0.15, -0.1) is 0 Å². The zero-order valence-electron chi connectivity index (χ0n) is 13.2. The van der Waals surface area contributed by atoms with E-state index in [4.69, 9.17) is 4.74 Å².